The van der Waals surface area contributed by atoms with Crippen LogP contribution in [0.4, 0.5) is 0 Å². The maximum absolute atomic E-state index is 8.52. The summed E-state index contributed by atoms with van der Waals surface area (Å²) in [5.41, 5.74) is 0. The van der Waals surface area contributed by atoms with Crippen molar-refractivity contribution in [2.24, 2.45) is 0 Å². The summed E-state index contributed by atoms with van der Waals surface area (Å²) in [5, 5.41) is 0. The first-order valence-electron chi connectivity index (χ1n) is 1.17. The van der Waals surface area contributed by atoms with Crippen molar-refractivity contribution in [1.82, 2.24) is 0 Å². The minimum atomic E-state index is -5.17. The molecule has 0 heterocycles. The monoisotopic (exact) mass is 224 g/mol. The molecule has 0 spiro atoms. The van der Waals surface area contributed by atoms with E-state index in [4.69, 9.17) is 30.8 Å². The first-order chi connectivity index (χ1) is 3.73. The molecule has 0 saturated carbocycles. The van der Waals surface area contributed by atoms with Gasteiger partial charge in [-0.05, 0) is 0 Å². The van der Waals surface area contributed by atoms with Crippen molar-refractivity contribution in [3.8, 4) is 0 Å². The third-order valence-electron chi connectivity index (χ3n) is 0. The molecule has 0 unspecified atom stereocenters. The third-order valence-corrected chi connectivity index (χ3v) is 0. The zero-order valence-electron chi connectivity index (χ0n) is 5.09. The standard InChI is InChI=1S/2Mg.H2O4S.H2O3S/c;;1-5(2,3)4;1-4(2)3/h;;(H2,1,2,3,4);(H2,1,2,3)/q2*+2;;/p-4. The van der Waals surface area contributed by atoms with Gasteiger partial charge in [-0.25, -0.2) is 0 Å². The van der Waals surface area contributed by atoms with Crippen LogP contribution in [-0.2, 0) is 21.8 Å². The summed E-state index contributed by atoms with van der Waals surface area (Å²) in [4.78, 5) is 0. The average Bonchev–Trinajstić information content (AvgIpc) is 1.19. The van der Waals surface area contributed by atoms with Crippen molar-refractivity contribution in [1.29, 1.82) is 0 Å². The van der Waals surface area contributed by atoms with Crippen molar-refractivity contribution < 1.29 is 30.8 Å². The van der Waals surface area contributed by atoms with E-state index in [0.717, 1.165) is 0 Å². The molecule has 0 rings (SSSR count). The van der Waals surface area contributed by atoms with Crippen LogP contribution in [0.5, 0.6) is 0 Å². The average molecular weight is 225 g/mol. The predicted molar refractivity (Wildman–Crippen MR) is 31.7 cm³/mol. The van der Waals surface area contributed by atoms with Crippen LogP contribution in [0, 0.1) is 0 Å². The van der Waals surface area contributed by atoms with Crippen LogP contribution in [-0.4, -0.2) is 76.9 Å². The van der Waals surface area contributed by atoms with E-state index in [9.17, 15) is 0 Å². The molecule has 0 aliphatic carbocycles. The summed E-state index contributed by atoms with van der Waals surface area (Å²) in [5.74, 6) is 0. The van der Waals surface area contributed by atoms with Crippen molar-refractivity contribution in [3.63, 3.8) is 0 Å². The molecule has 0 fully saturated rings. The van der Waals surface area contributed by atoms with Gasteiger partial charge in [0, 0.05) is 10.4 Å². The second-order valence-corrected chi connectivity index (χ2v) is 1.84. The van der Waals surface area contributed by atoms with Gasteiger partial charge in [0.2, 0.25) is 0 Å². The van der Waals surface area contributed by atoms with Crippen molar-refractivity contribution in [3.05, 3.63) is 0 Å². The Morgan fingerprint density at radius 2 is 1.00 bits per heavy atom. The SMILES string of the molecule is O=S(=O)([O-])[O-].O=S([O-])[O-].[Mg+2].[Mg+2]. The summed E-state index contributed by atoms with van der Waals surface area (Å²) in [6.07, 6.45) is 0. The van der Waals surface area contributed by atoms with E-state index < -0.39 is 21.8 Å². The fourth-order valence-corrected chi connectivity index (χ4v) is 0. The van der Waals surface area contributed by atoms with Gasteiger partial charge >= 0.3 is 46.1 Å². The molecule has 0 aromatic heterocycles. The van der Waals surface area contributed by atoms with Crippen LogP contribution >= 0.6 is 0 Å². The molecule has 58 valence electrons. The van der Waals surface area contributed by atoms with Gasteiger partial charge in [0.15, 0.2) is 0 Å². The molecule has 11 heteroatoms. The molecule has 11 heavy (non-hydrogen) atoms. The Labute approximate surface area is 97.9 Å². The molecule has 0 aromatic carbocycles. The molecular formula is Mg2O7S2. The smallest absolute Gasteiger partial charge is 0.784 e. The van der Waals surface area contributed by atoms with Gasteiger partial charge in [-0.2, -0.15) is 0 Å². The molecule has 0 saturated heterocycles. The van der Waals surface area contributed by atoms with E-state index in [1.54, 1.807) is 0 Å². The Kier molecular flexibility index (Phi) is 23.9. The second-order valence-electron chi connectivity index (χ2n) is 0.612. The van der Waals surface area contributed by atoms with Crippen LogP contribution < -0.4 is 0 Å². The normalized spacial score (nSPS) is 8.45. The van der Waals surface area contributed by atoms with Gasteiger partial charge in [0.25, 0.3) is 0 Å². The number of rotatable bonds is 0. The molecule has 7 nitrogen and oxygen atoms in total. The molecule has 0 atom stereocenters. The summed E-state index contributed by atoms with van der Waals surface area (Å²) < 4.78 is 59.4. The summed E-state index contributed by atoms with van der Waals surface area (Å²) in [7, 11) is -5.17. The van der Waals surface area contributed by atoms with Crippen LogP contribution in [0.15, 0.2) is 0 Å². The summed E-state index contributed by atoms with van der Waals surface area (Å²) in [6, 6.07) is 0. The van der Waals surface area contributed by atoms with Crippen molar-refractivity contribution in [2.75, 3.05) is 0 Å². The zero-order chi connectivity index (χ0) is 8.08. The van der Waals surface area contributed by atoms with Gasteiger partial charge in [-0.3, -0.25) is 12.6 Å². The molecule has 0 aromatic rings. The predicted octanol–water partition coefficient (Wildman–Crippen LogP) is -3.10. The molecule has 0 bridgehead atoms. The van der Waals surface area contributed by atoms with Crippen molar-refractivity contribution >= 4 is 67.9 Å². The second kappa shape index (κ2) is 11.5. The molecule has 0 radical (unpaired) electrons. The Bertz CT molecular complexity index is 157. The van der Waals surface area contributed by atoms with Crippen LogP contribution in [0.3, 0.4) is 0 Å². The minimum absolute atomic E-state index is 0. The topological polar surface area (TPSA) is 143 Å². The zero-order valence-corrected chi connectivity index (χ0v) is 9.55. The van der Waals surface area contributed by atoms with Crippen LogP contribution in [0.25, 0.3) is 0 Å². The quantitative estimate of drug-likeness (QED) is 0.183. The van der Waals surface area contributed by atoms with Crippen molar-refractivity contribution in [2.45, 2.75) is 0 Å². The third kappa shape index (κ3) is 475. The molecular weight excluding hydrogens is 225 g/mol. The van der Waals surface area contributed by atoms with Gasteiger partial charge in [-0.15, -0.1) is 11.4 Å². The number of hydrogen-bond donors (Lipinski definition) is 0. The first-order valence-corrected chi connectivity index (χ1v) is 3.50. The fraction of sp³-hybridized carbons (Fsp3) is 0. The van der Waals surface area contributed by atoms with E-state index >= 15 is 0 Å². The number of hydrogen-bond acceptors (Lipinski definition) is 7. The van der Waals surface area contributed by atoms with E-state index in [0.29, 0.717) is 0 Å². The van der Waals surface area contributed by atoms with Crippen LogP contribution in [0.2, 0.25) is 0 Å². The Morgan fingerprint density at radius 3 is 1.00 bits per heavy atom. The Morgan fingerprint density at radius 1 is 1.00 bits per heavy atom. The molecule has 0 N–H and O–H groups in total. The Hall–Kier alpha value is 1.47. The van der Waals surface area contributed by atoms with Gasteiger partial charge < -0.3 is 18.2 Å². The summed E-state index contributed by atoms with van der Waals surface area (Å²) in [6.45, 7) is 0. The van der Waals surface area contributed by atoms with Gasteiger partial charge in [0.1, 0.15) is 0 Å². The van der Waals surface area contributed by atoms with Gasteiger partial charge in [-0.1, -0.05) is 0 Å². The van der Waals surface area contributed by atoms with E-state index in [2.05, 4.69) is 0 Å². The van der Waals surface area contributed by atoms with Gasteiger partial charge in [0.05, 0.1) is 0 Å². The van der Waals surface area contributed by atoms with E-state index in [1.165, 1.54) is 0 Å². The van der Waals surface area contributed by atoms with E-state index in [-0.39, 0.29) is 46.1 Å². The fourth-order valence-electron chi connectivity index (χ4n) is 0. The molecule has 0 aliphatic rings. The maximum Gasteiger partial charge on any atom is 2.00 e. The Balaban J connectivity index is -0.0000000383. The largest absolute Gasteiger partial charge is 2.00 e. The minimum Gasteiger partial charge on any atom is -0.784 e. The summed E-state index contributed by atoms with van der Waals surface area (Å²) >= 11 is -3.11. The maximum atomic E-state index is 8.52. The van der Waals surface area contributed by atoms with E-state index in [1.807, 2.05) is 0 Å². The van der Waals surface area contributed by atoms with Crippen LogP contribution in [0.1, 0.15) is 0 Å². The molecule has 0 aliphatic heterocycles. The molecule has 0 amide bonds. The first kappa shape index (κ1) is 22.9.